The van der Waals surface area contributed by atoms with E-state index >= 15 is 0 Å². The number of aliphatic carboxylic acids is 1. The molecule has 1 aromatic carbocycles. The van der Waals surface area contributed by atoms with Crippen LogP contribution in [0.15, 0.2) is 34.9 Å². The van der Waals surface area contributed by atoms with Crippen molar-refractivity contribution in [3.8, 4) is 10.7 Å². The van der Waals surface area contributed by atoms with Crippen LogP contribution in [0.4, 0.5) is 10.5 Å². The second-order valence-electron chi connectivity index (χ2n) is 7.58. The van der Waals surface area contributed by atoms with Crippen molar-refractivity contribution in [2.45, 2.75) is 38.2 Å². The number of fused-ring (bicyclic) bond motifs is 1. The van der Waals surface area contributed by atoms with Crippen LogP contribution in [0, 0.1) is 6.92 Å². The van der Waals surface area contributed by atoms with Gasteiger partial charge in [-0.1, -0.05) is 46.8 Å². The SMILES string of the molecule is Cc1onc(-c2nc3nc(C4(C(=O)O)CC4)sc3s2)c1NC(=O)OC(C)c1ccccc1. The molecule has 1 aliphatic rings. The maximum atomic E-state index is 12.5. The summed E-state index contributed by atoms with van der Waals surface area (Å²) in [4.78, 5) is 33.0. The lowest BCUT2D eigenvalue weighted by molar-refractivity contribution is -0.140. The van der Waals surface area contributed by atoms with Gasteiger partial charge in [0.2, 0.25) is 0 Å². The molecule has 1 aliphatic carbocycles. The van der Waals surface area contributed by atoms with Gasteiger partial charge in [0.15, 0.2) is 22.1 Å². The number of amides is 1. The summed E-state index contributed by atoms with van der Waals surface area (Å²) in [6, 6.07) is 9.42. The zero-order valence-corrected chi connectivity index (χ0v) is 18.7. The predicted octanol–water partition coefficient (Wildman–Crippen LogP) is 5.14. The fraction of sp³-hybridized carbons (Fsp3) is 0.286. The van der Waals surface area contributed by atoms with Gasteiger partial charge < -0.3 is 14.4 Å². The molecular formula is C21H18N4O5S2. The van der Waals surface area contributed by atoms with Gasteiger partial charge in [-0.15, -0.1) is 11.3 Å². The van der Waals surface area contributed by atoms with Gasteiger partial charge in [-0.3, -0.25) is 10.1 Å². The Bertz CT molecular complexity index is 1290. The van der Waals surface area contributed by atoms with E-state index in [2.05, 4.69) is 20.4 Å². The molecule has 164 valence electrons. The summed E-state index contributed by atoms with van der Waals surface area (Å²) in [5.41, 5.74) is 1.25. The third kappa shape index (κ3) is 3.53. The van der Waals surface area contributed by atoms with Gasteiger partial charge in [0.25, 0.3) is 0 Å². The van der Waals surface area contributed by atoms with Gasteiger partial charge in [0.05, 0.1) is 0 Å². The number of ether oxygens (including phenoxy) is 1. The average Bonchev–Trinajstić information content (AvgIpc) is 3.18. The number of benzene rings is 1. The van der Waals surface area contributed by atoms with E-state index < -0.39 is 23.6 Å². The number of aromatic nitrogens is 3. The van der Waals surface area contributed by atoms with E-state index in [9.17, 15) is 14.7 Å². The third-order valence-corrected chi connectivity index (χ3v) is 7.78. The maximum Gasteiger partial charge on any atom is 0.412 e. The molecule has 3 heterocycles. The Morgan fingerprint density at radius 3 is 2.62 bits per heavy atom. The normalized spacial score (nSPS) is 15.4. The number of hydrogen-bond donors (Lipinski definition) is 2. The van der Waals surface area contributed by atoms with Crippen molar-refractivity contribution in [2.24, 2.45) is 0 Å². The molecule has 9 nitrogen and oxygen atoms in total. The summed E-state index contributed by atoms with van der Waals surface area (Å²) in [5, 5.41) is 17.3. The van der Waals surface area contributed by atoms with Crippen molar-refractivity contribution in [3.05, 3.63) is 46.7 Å². The second kappa shape index (κ2) is 7.68. The highest BCUT2D eigenvalue weighted by molar-refractivity contribution is 7.39. The van der Waals surface area contributed by atoms with E-state index in [1.165, 1.54) is 22.7 Å². The van der Waals surface area contributed by atoms with Crippen LogP contribution in [-0.2, 0) is 14.9 Å². The quantitative estimate of drug-likeness (QED) is 0.396. The highest BCUT2D eigenvalue weighted by Crippen LogP contribution is 2.51. The lowest BCUT2D eigenvalue weighted by Gasteiger charge is -2.14. The molecule has 32 heavy (non-hydrogen) atoms. The minimum Gasteiger partial charge on any atom is -0.481 e. The Morgan fingerprint density at radius 2 is 1.97 bits per heavy atom. The fourth-order valence-electron chi connectivity index (χ4n) is 3.34. The molecule has 1 fully saturated rings. The minimum atomic E-state index is -0.859. The van der Waals surface area contributed by atoms with Gasteiger partial charge in [-0.2, -0.15) is 0 Å². The van der Waals surface area contributed by atoms with Crippen LogP contribution in [0.5, 0.6) is 0 Å². The smallest absolute Gasteiger partial charge is 0.412 e. The zero-order chi connectivity index (χ0) is 22.5. The number of aryl methyl sites for hydroxylation is 1. The number of rotatable bonds is 6. The lowest BCUT2D eigenvalue weighted by atomic mass is 10.1. The van der Waals surface area contributed by atoms with Crippen LogP contribution in [0.3, 0.4) is 0 Å². The van der Waals surface area contributed by atoms with E-state index in [0.29, 0.717) is 45.6 Å². The van der Waals surface area contributed by atoms with E-state index in [1.807, 2.05) is 30.3 Å². The zero-order valence-electron chi connectivity index (χ0n) is 17.1. The molecule has 0 aliphatic heterocycles. The molecule has 1 saturated carbocycles. The van der Waals surface area contributed by atoms with Crippen molar-refractivity contribution in [3.63, 3.8) is 0 Å². The number of carbonyl (C=O) groups excluding carboxylic acids is 1. The molecule has 1 unspecified atom stereocenters. The number of nitrogens with zero attached hydrogens (tertiary/aromatic N) is 3. The van der Waals surface area contributed by atoms with Crippen molar-refractivity contribution in [1.29, 1.82) is 0 Å². The van der Waals surface area contributed by atoms with Gasteiger partial charge in [-0.05, 0) is 32.3 Å². The molecular weight excluding hydrogens is 452 g/mol. The number of hydrogen-bond acceptors (Lipinski definition) is 9. The van der Waals surface area contributed by atoms with E-state index in [0.717, 1.165) is 9.58 Å². The Kier molecular flexibility index (Phi) is 4.94. The molecule has 5 rings (SSSR count). The second-order valence-corrected chi connectivity index (χ2v) is 9.84. The summed E-state index contributed by atoms with van der Waals surface area (Å²) in [6.07, 6.45) is 0.118. The molecule has 1 amide bonds. The molecule has 0 radical (unpaired) electrons. The van der Waals surface area contributed by atoms with Crippen LogP contribution < -0.4 is 5.32 Å². The van der Waals surface area contributed by atoms with Crippen molar-refractivity contribution >= 4 is 50.1 Å². The maximum absolute atomic E-state index is 12.5. The molecule has 0 spiro atoms. The molecule has 2 N–H and O–H groups in total. The first kappa shape index (κ1) is 20.6. The van der Waals surface area contributed by atoms with Gasteiger partial charge in [0.1, 0.15) is 26.2 Å². The topological polar surface area (TPSA) is 127 Å². The number of carbonyl (C=O) groups is 2. The Hall–Kier alpha value is -3.31. The third-order valence-electron chi connectivity index (χ3n) is 5.39. The van der Waals surface area contributed by atoms with Crippen LogP contribution >= 0.6 is 22.7 Å². The van der Waals surface area contributed by atoms with E-state index in [-0.39, 0.29) is 0 Å². The summed E-state index contributed by atoms with van der Waals surface area (Å²) in [5.74, 6) is -0.430. The first-order valence-electron chi connectivity index (χ1n) is 9.88. The largest absolute Gasteiger partial charge is 0.481 e. The fourth-order valence-corrected chi connectivity index (χ4v) is 5.69. The summed E-state index contributed by atoms with van der Waals surface area (Å²) >= 11 is 2.67. The average molecular weight is 471 g/mol. The Labute approximate surface area is 190 Å². The highest BCUT2D eigenvalue weighted by atomic mass is 32.2. The molecule has 1 atom stereocenters. The molecule has 3 aromatic heterocycles. The first-order valence-corrected chi connectivity index (χ1v) is 11.5. The van der Waals surface area contributed by atoms with Crippen LogP contribution in [0.1, 0.15) is 42.2 Å². The Balaban J connectivity index is 1.36. The minimum absolute atomic E-state index is 0.376. The standard InChI is InChI=1S/C21H18N4O5S2/c1-10(12-6-4-3-5-7-12)29-20(28)22-13-11(2)30-25-14(13)16-23-15-17(31-16)32-18(24-15)21(8-9-21)19(26)27/h3-7,10H,8-9H2,1-2H3,(H,22,28)(H,26,27). The highest BCUT2D eigenvalue weighted by Gasteiger charge is 2.54. The molecule has 0 saturated heterocycles. The number of thiazole rings is 2. The number of carboxylic acid groups (broad SMARTS) is 1. The van der Waals surface area contributed by atoms with Crippen LogP contribution in [0.25, 0.3) is 20.4 Å². The summed E-state index contributed by atoms with van der Waals surface area (Å²) < 4.78 is 11.6. The summed E-state index contributed by atoms with van der Waals surface area (Å²) in [6.45, 7) is 3.47. The van der Waals surface area contributed by atoms with Crippen molar-refractivity contribution in [2.75, 3.05) is 5.32 Å². The monoisotopic (exact) mass is 470 g/mol. The number of anilines is 1. The summed E-state index contributed by atoms with van der Waals surface area (Å²) in [7, 11) is 0. The lowest BCUT2D eigenvalue weighted by Crippen LogP contribution is -2.19. The molecule has 0 bridgehead atoms. The van der Waals surface area contributed by atoms with Crippen LogP contribution in [0.2, 0.25) is 0 Å². The first-order chi connectivity index (χ1) is 15.4. The van der Waals surface area contributed by atoms with Crippen molar-refractivity contribution < 1.29 is 24.0 Å². The van der Waals surface area contributed by atoms with Gasteiger partial charge in [0, 0.05) is 0 Å². The van der Waals surface area contributed by atoms with E-state index in [4.69, 9.17) is 9.26 Å². The van der Waals surface area contributed by atoms with E-state index in [1.54, 1.807) is 13.8 Å². The molecule has 11 heteroatoms. The van der Waals surface area contributed by atoms with Gasteiger partial charge >= 0.3 is 12.1 Å². The Morgan fingerprint density at radius 1 is 1.22 bits per heavy atom. The van der Waals surface area contributed by atoms with Gasteiger partial charge in [-0.25, -0.2) is 14.8 Å². The number of carboxylic acids is 1. The van der Waals surface area contributed by atoms with Crippen molar-refractivity contribution in [1.82, 2.24) is 15.1 Å². The number of nitrogens with one attached hydrogen (secondary N) is 1. The van der Waals surface area contributed by atoms with Crippen LogP contribution in [-0.4, -0.2) is 32.3 Å². The predicted molar refractivity (Wildman–Crippen MR) is 119 cm³/mol. The molecule has 4 aromatic rings.